The van der Waals surface area contributed by atoms with Gasteiger partial charge in [0.25, 0.3) is 0 Å². The first-order chi connectivity index (χ1) is 15.9. The Labute approximate surface area is 190 Å². The predicted octanol–water partition coefficient (Wildman–Crippen LogP) is 5.10. The van der Waals surface area contributed by atoms with Crippen molar-refractivity contribution in [3.63, 3.8) is 0 Å². The van der Waals surface area contributed by atoms with E-state index in [4.69, 9.17) is 4.42 Å². The third kappa shape index (κ3) is 4.44. The zero-order chi connectivity index (χ0) is 23.0. The molecule has 0 amide bonds. The summed E-state index contributed by atoms with van der Waals surface area (Å²) in [5, 5.41) is 8.87. The van der Waals surface area contributed by atoms with Crippen LogP contribution in [0.3, 0.4) is 0 Å². The Morgan fingerprint density at radius 3 is 2.55 bits per heavy atom. The molecule has 0 aliphatic heterocycles. The average Bonchev–Trinajstić information content (AvgIpc) is 3.40. The Bertz CT molecular complexity index is 1550. The smallest absolute Gasteiger partial charge is 0.229 e. The molecule has 0 saturated heterocycles. The number of hydrogen-bond donors (Lipinski definition) is 2. The highest BCUT2D eigenvalue weighted by Crippen LogP contribution is 2.30. The number of nitrogens with zero attached hydrogens (tertiary/aromatic N) is 3. The van der Waals surface area contributed by atoms with Gasteiger partial charge >= 0.3 is 0 Å². The first-order valence-corrected chi connectivity index (χ1v) is 12.1. The minimum absolute atomic E-state index is 0.499. The molecule has 5 rings (SSSR count). The molecule has 0 saturated carbocycles. The number of fused-ring (bicyclic) bond motifs is 1. The van der Waals surface area contributed by atoms with Gasteiger partial charge in [0.2, 0.25) is 10.0 Å². The average molecular weight is 460 g/mol. The van der Waals surface area contributed by atoms with Crippen molar-refractivity contribution in [2.45, 2.75) is 6.92 Å². The highest BCUT2D eigenvalue weighted by Gasteiger charge is 2.14. The summed E-state index contributed by atoms with van der Waals surface area (Å²) in [6, 6.07) is 18.8. The van der Waals surface area contributed by atoms with Gasteiger partial charge in [-0.15, -0.1) is 0 Å². The standard InChI is InChI=1S/C24H21N5O3S/c1-16-15-26-29(21-7-8-22-17(13-21)10-12-32-22)24(16)18-9-11-25-23(14-18)27-19-3-5-20(6-4-19)28-33(2,30)31/h3-15,28H,1-2H3,(H,25,27). The Morgan fingerprint density at radius 1 is 0.970 bits per heavy atom. The summed E-state index contributed by atoms with van der Waals surface area (Å²) < 4.78 is 32.6. The number of anilines is 3. The van der Waals surface area contributed by atoms with Gasteiger partial charge in [0.05, 0.1) is 30.1 Å². The van der Waals surface area contributed by atoms with Crippen LogP contribution in [-0.2, 0) is 10.0 Å². The van der Waals surface area contributed by atoms with Crippen molar-refractivity contribution in [1.29, 1.82) is 0 Å². The lowest BCUT2D eigenvalue weighted by Crippen LogP contribution is -2.09. The Hall–Kier alpha value is -4.11. The molecule has 0 spiro atoms. The number of rotatable bonds is 6. The van der Waals surface area contributed by atoms with Gasteiger partial charge in [-0.2, -0.15) is 5.10 Å². The van der Waals surface area contributed by atoms with Crippen molar-refractivity contribution < 1.29 is 12.8 Å². The van der Waals surface area contributed by atoms with Gasteiger partial charge in [0.1, 0.15) is 11.4 Å². The zero-order valence-corrected chi connectivity index (χ0v) is 18.8. The van der Waals surface area contributed by atoms with E-state index in [-0.39, 0.29) is 0 Å². The van der Waals surface area contributed by atoms with Crippen LogP contribution in [0, 0.1) is 6.92 Å². The maximum Gasteiger partial charge on any atom is 0.229 e. The van der Waals surface area contributed by atoms with Crippen molar-refractivity contribution in [3.8, 4) is 16.9 Å². The molecule has 3 heterocycles. The topological polar surface area (TPSA) is 102 Å². The molecule has 5 aromatic rings. The number of hydrogen-bond acceptors (Lipinski definition) is 6. The molecule has 166 valence electrons. The number of aryl methyl sites for hydroxylation is 1. The van der Waals surface area contributed by atoms with E-state index >= 15 is 0 Å². The van der Waals surface area contributed by atoms with Crippen LogP contribution in [0.2, 0.25) is 0 Å². The van der Waals surface area contributed by atoms with Crippen LogP contribution in [-0.4, -0.2) is 29.4 Å². The Balaban J connectivity index is 1.45. The fraction of sp³-hybridized carbons (Fsp3) is 0.0833. The van der Waals surface area contributed by atoms with E-state index in [1.807, 2.05) is 54.2 Å². The van der Waals surface area contributed by atoms with Gasteiger partial charge < -0.3 is 9.73 Å². The molecule has 0 bridgehead atoms. The van der Waals surface area contributed by atoms with Crippen molar-refractivity contribution in [2.24, 2.45) is 0 Å². The summed E-state index contributed by atoms with van der Waals surface area (Å²) in [5.41, 5.74) is 6.02. The molecular formula is C24H21N5O3S. The normalized spacial score (nSPS) is 11.6. The van der Waals surface area contributed by atoms with Crippen LogP contribution in [0.15, 0.2) is 83.7 Å². The van der Waals surface area contributed by atoms with Crippen molar-refractivity contribution in [1.82, 2.24) is 14.8 Å². The Kier molecular flexibility index (Phi) is 5.10. The minimum Gasteiger partial charge on any atom is -0.464 e. The van der Waals surface area contributed by atoms with Crippen LogP contribution in [0.25, 0.3) is 27.9 Å². The van der Waals surface area contributed by atoms with E-state index in [1.54, 1.807) is 36.7 Å². The maximum absolute atomic E-state index is 11.4. The summed E-state index contributed by atoms with van der Waals surface area (Å²) in [6.45, 7) is 2.02. The maximum atomic E-state index is 11.4. The van der Waals surface area contributed by atoms with E-state index in [0.717, 1.165) is 45.4 Å². The molecule has 0 aliphatic carbocycles. The summed E-state index contributed by atoms with van der Waals surface area (Å²) in [6.07, 6.45) is 6.38. The van der Waals surface area contributed by atoms with E-state index in [9.17, 15) is 8.42 Å². The zero-order valence-electron chi connectivity index (χ0n) is 18.0. The van der Waals surface area contributed by atoms with E-state index in [2.05, 4.69) is 20.1 Å². The molecule has 3 aromatic heterocycles. The summed E-state index contributed by atoms with van der Waals surface area (Å²) >= 11 is 0. The second-order valence-electron chi connectivity index (χ2n) is 7.74. The molecule has 9 heteroatoms. The molecule has 8 nitrogen and oxygen atoms in total. The third-order valence-electron chi connectivity index (χ3n) is 5.13. The van der Waals surface area contributed by atoms with Crippen LogP contribution in [0.4, 0.5) is 17.2 Å². The molecule has 0 aliphatic rings. The van der Waals surface area contributed by atoms with E-state index in [0.29, 0.717) is 11.5 Å². The van der Waals surface area contributed by atoms with Crippen LogP contribution >= 0.6 is 0 Å². The number of nitrogens with one attached hydrogen (secondary N) is 2. The summed E-state index contributed by atoms with van der Waals surface area (Å²) in [7, 11) is -3.32. The van der Waals surface area contributed by atoms with Gasteiger partial charge in [0.15, 0.2) is 0 Å². The van der Waals surface area contributed by atoms with E-state index < -0.39 is 10.0 Å². The van der Waals surface area contributed by atoms with E-state index in [1.165, 1.54) is 0 Å². The molecular weight excluding hydrogens is 438 g/mol. The molecule has 33 heavy (non-hydrogen) atoms. The summed E-state index contributed by atoms with van der Waals surface area (Å²) in [4.78, 5) is 4.43. The van der Waals surface area contributed by atoms with Gasteiger partial charge in [-0.05, 0) is 73.2 Å². The number of aromatic nitrogens is 3. The number of benzene rings is 2. The molecule has 2 N–H and O–H groups in total. The van der Waals surface area contributed by atoms with Gasteiger partial charge in [0, 0.05) is 28.5 Å². The van der Waals surface area contributed by atoms with Gasteiger partial charge in [-0.25, -0.2) is 18.1 Å². The van der Waals surface area contributed by atoms with Crippen LogP contribution in [0.1, 0.15) is 5.56 Å². The Morgan fingerprint density at radius 2 is 1.76 bits per heavy atom. The first kappa shape index (κ1) is 20.8. The second kappa shape index (κ2) is 8.10. The lowest BCUT2D eigenvalue weighted by atomic mass is 10.1. The highest BCUT2D eigenvalue weighted by molar-refractivity contribution is 7.92. The van der Waals surface area contributed by atoms with Crippen molar-refractivity contribution in [2.75, 3.05) is 16.3 Å². The SMILES string of the molecule is Cc1cnn(-c2ccc3occc3c2)c1-c1ccnc(Nc2ccc(NS(C)(=O)=O)cc2)c1. The molecule has 2 aromatic carbocycles. The molecule has 0 atom stereocenters. The quantitative estimate of drug-likeness (QED) is 0.366. The highest BCUT2D eigenvalue weighted by atomic mass is 32.2. The largest absolute Gasteiger partial charge is 0.464 e. The monoisotopic (exact) mass is 459 g/mol. The number of sulfonamides is 1. The fourth-order valence-electron chi connectivity index (χ4n) is 3.69. The third-order valence-corrected chi connectivity index (χ3v) is 5.73. The fourth-order valence-corrected chi connectivity index (χ4v) is 4.26. The van der Waals surface area contributed by atoms with Crippen molar-refractivity contribution >= 4 is 38.2 Å². The first-order valence-electron chi connectivity index (χ1n) is 10.2. The van der Waals surface area contributed by atoms with Crippen molar-refractivity contribution in [3.05, 3.63) is 84.9 Å². The van der Waals surface area contributed by atoms with Gasteiger partial charge in [-0.1, -0.05) is 0 Å². The molecule has 0 fully saturated rings. The molecule has 0 radical (unpaired) electrons. The van der Waals surface area contributed by atoms with Gasteiger partial charge in [-0.3, -0.25) is 4.72 Å². The van der Waals surface area contributed by atoms with Crippen LogP contribution in [0.5, 0.6) is 0 Å². The lowest BCUT2D eigenvalue weighted by molar-refractivity contribution is 0.606. The number of pyridine rings is 1. The summed E-state index contributed by atoms with van der Waals surface area (Å²) in [5.74, 6) is 0.661. The lowest BCUT2D eigenvalue weighted by Gasteiger charge is -2.12. The molecule has 0 unspecified atom stereocenters. The van der Waals surface area contributed by atoms with Crippen LogP contribution < -0.4 is 10.0 Å². The second-order valence-corrected chi connectivity index (χ2v) is 9.49. The predicted molar refractivity (Wildman–Crippen MR) is 129 cm³/mol. The number of furan rings is 1. The minimum atomic E-state index is -3.32.